The first kappa shape index (κ1) is 17.3. The second-order valence-corrected chi connectivity index (χ2v) is 6.85. The summed E-state index contributed by atoms with van der Waals surface area (Å²) >= 11 is 0. The van der Waals surface area contributed by atoms with Crippen molar-refractivity contribution in [2.24, 2.45) is 0 Å². The molecule has 1 fully saturated rings. The Bertz CT molecular complexity index is 912. The minimum absolute atomic E-state index is 0.00428. The van der Waals surface area contributed by atoms with Gasteiger partial charge in [0.15, 0.2) is 0 Å². The maximum Gasteiger partial charge on any atom is 0.226 e. The first-order chi connectivity index (χ1) is 13.3. The van der Waals surface area contributed by atoms with E-state index in [-0.39, 0.29) is 5.91 Å². The molecule has 2 heterocycles. The molecule has 5 heteroatoms. The molecular formula is C22H24N4O. The van der Waals surface area contributed by atoms with Crippen molar-refractivity contribution in [3.8, 4) is 0 Å². The normalized spacial score (nSPS) is 13.7. The summed E-state index contributed by atoms with van der Waals surface area (Å²) in [5.41, 5.74) is 3.96. The van der Waals surface area contributed by atoms with Crippen molar-refractivity contribution in [3.63, 3.8) is 0 Å². The topological polar surface area (TPSA) is 57.3 Å². The summed E-state index contributed by atoms with van der Waals surface area (Å²) in [5, 5.41) is 7.38. The quantitative estimate of drug-likeness (QED) is 0.689. The van der Waals surface area contributed by atoms with Gasteiger partial charge in [0.05, 0.1) is 11.2 Å². The van der Waals surface area contributed by atoms with Crippen LogP contribution in [-0.4, -0.2) is 30.5 Å². The maximum atomic E-state index is 12.2. The lowest BCUT2D eigenvalue weighted by Crippen LogP contribution is -2.18. The van der Waals surface area contributed by atoms with Crippen molar-refractivity contribution in [2.45, 2.75) is 19.3 Å². The Balaban J connectivity index is 1.29. The molecule has 2 aromatic carbocycles. The van der Waals surface area contributed by atoms with Gasteiger partial charge in [0.1, 0.15) is 0 Å². The molecule has 1 aliphatic rings. The number of amides is 1. The van der Waals surface area contributed by atoms with E-state index in [1.807, 2.05) is 42.5 Å². The Labute approximate surface area is 159 Å². The molecule has 4 rings (SSSR count). The highest BCUT2D eigenvalue weighted by atomic mass is 16.1. The fourth-order valence-electron chi connectivity index (χ4n) is 3.51. The molecule has 0 bridgehead atoms. The van der Waals surface area contributed by atoms with E-state index in [1.54, 1.807) is 6.20 Å². The van der Waals surface area contributed by atoms with Crippen molar-refractivity contribution >= 4 is 33.9 Å². The zero-order valence-electron chi connectivity index (χ0n) is 15.3. The molecule has 3 aromatic rings. The van der Waals surface area contributed by atoms with Gasteiger partial charge < -0.3 is 15.5 Å². The standard InChI is InChI=1S/C22H24N4O/c27-21(25-18-8-10-19(11-9-18)26-15-1-2-16-26)12-14-23-20-7-3-5-17-6-4-13-24-22(17)20/h3-11,13,23H,1-2,12,14-16H2,(H,25,27). The SMILES string of the molecule is O=C(CCNc1cccc2cccnc12)Nc1ccc(N2CCCC2)cc1. The molecular weight excluding hydrogens is 336 g/mol. The monoisotopic (exact) mass is 360 g/mol. The molecule has 0 aliphatic carbocycles. The van der Waals surface area contributed by atoms with Crippen molar-refractivity contribution < 1.29 is 4.79 Å². The van der Waals surface area contributed by atoms with Gasteiger partial charge in [0.2, 0.25) is 5.91 Å². The summed E-state index contributed by atoms with van der Waals surface area (Å²) in [7, 11) is 0. The number of pyridine rings is 1. The molecule has 27 heavy (non-hydrogen) atoms. The first-order valence-corrected chi connectivity index (χ1v) is 9.52. The van der Waals surface area contributed by atoms with Gasteiger partial charge in [-0.25, -0.2) is 0 Å². The van der Waals surface area contributed by atoms with E-state index in [0.717, 1.165) is 35.4 Å². The van der Waals surface area contributed by atoms with Crippen LogP contribution in [0.2, 0.25) is 0 Å². The van der Waals surface area contributed by atoms with Gasteiger partial charge in [-0.3, -0.25) is 9.78 Å². The van der Waals surface area contributed by atoms with Gasteiger partial charge in [-0.2, -0.15) is 0 Å². The maximum absolute atomic E-state index is 12.2. The van der Waals surface area contributed by atoms with E-state index in [2.05, 4.69) is 32.7 Å². The van der Waals surface area contributed by atoms with Crippen LogP contribution in [0, 0.1) is 0 Å². The molecule has 2 N–H and O–H groups in total. The summed E-state index contributed by atoms with van der Waals surface area (Å²) < 4.78 is 0. The second-order valence-electron chi connectivity index (χ2n) is 6.85. The van der Waals surface area contributed by atoms with Crippen LogP contribution in [0.5, 0.6) is 0 Å². The summed E-state index contributed by atoms with van der Waals surface area (Å²) in [5.74, 6) is 0.00428. The van der Waals surface area contributed by atoms with Gasteiger partial charge in [-0.1, -0.05) is 18.2 Å². The molecule has 0 unspecified atom stereocenters. The molecule has 0 radical (unpaired) electrons. The lowest BCUT2D eigenvalue weighted by atomic mass is 10.2. The van der Waals surface area contributed by atoms with Crippen LogP contribution >= 0.6 is 0 Å². The Morgan fingerprint density at radius 1 is 1.00 bits per heavy atom. The molecule has 138 valence electrons. The third kappa shape index (κ3) is 4.19. The molecule has 5 nitrogen and oxygen atoms in total. The largest absolute Gasteiger partial charge is 0.383 e. The fraction of sp³-hybridized carbons (Fsp3) is 0.273. The number of aromatic nitrogens is 1. The number of nitrogens with zero attached hydrogens (tertiary/aromatic N) is 2. The highest BCUT2D eigenvalue weighted by molar-refractivity contribution is 5.92. The minimum Gasteiger partial charge on any atom is -0.383 e. The molecule has 0 saturated carbocycles. The van der Waals surface area contributed by atoms with E-state index in [4.69, 9.17) is 0 Å². The zero-order chi connectivity index (χ0) is 18.5. The Hall–Kier alpha value is -3.08. The Morgan fingerprint density at radius 2 is 1.78 bits per heavy atom. The van der Waals surface area contributed by atoms with Crippen LogP contribution in [0.4, 0.5) is 17.1 Å². The van der Waals surface area contributed by atoms with Crippen LogP contribution in [0.15, 0.2) is 60.8 Å². The lowest BCUT2D eigenvalue weighted by molar-refractivity contribution is -0.115. The van der Waals surface area contributed by atoms with Crippen LogP contribution in [-0.2, 0) is 4.79 Å². The summed E-state index contributed by atoms with van der Waals surface area (Å²) in [6, 6.07) is 18.1. The van der Waals surface area contributed by atoms with Crippen molar-refractivity contribution in [2.75, 3.05) is 35.2 Å². The van der Waals surface area contributed by atoms with Crippen molar-refractivity contribution in [1.82, 2.24) is 4.98 Å². The number of para-hydroxylation sites is 1. The third-order valence-electron chi connectivity index (χ3n) is 4.92. The van der Waals surface area contributed by atoms with Crippen LogP contribution in [0.1, 0.15) is 19.3 Å². The Morgan fingerprint density at radius 3 is 2.59 bits per heavy atom. The van der Waals surface area contributed by atoms with Crippen LogP contribution in [0.3, 0.4) is 0 Å². The highest BCUT2D eigenvalue weighted by Crippen LogP contribution is 2.22. The predicted octanol–water partition coefficient (Wildman–Crippen LogP) is 4.28. The van der Waals surface area contributed by atoms with E-state index >= 15 is 0 Å². The van der Waals surface area contributed by atoms with Gasteiger partial charge in [-0.15, -0.1) is 0 Å². The van der Waals surface area contributed by atoms with Gasteiger partial charge in [0, 0.05) is 49.0 Å². The molecule has 1 saturated heterocycles. The average molecular weight is 360 g/mol. The third-order valence-corrected chi connectivity index (χ3v) is 4.92. The lowest BCUT2D eigenvalue weighted by Gasteiger charge is -2.17. The summed E-state index contributed by atoms with van der Waals surface area (Å²) in [6.45, 7) is 2.81. The number of fused-ring (bicyclic) bond motifs is 1. The van der Waals surface area contributed by atoms with E-state index in [9.17, 15) is 4.79 Å². The highest BCUT2D eigenvalue weighted by Gasteiger charge is 2.12. The Kier molecular flexibility index (Phi) is 5.19. The van der Waals surface area contributed by atoms with E-state index in [0.29, 0.717) is 13.0 Å². The van der Waals surface area contributed by atoms with E-state index in [1.165, 1.54) is 18.5 Å². The van der Waals surface area contributed by atoms with Gasteiger partial charge >= 0.3 is 0 Å². The first-order valence-electron chi connectivity index (χ1n) is 9.52. The molecule has 1 aliphatic heterocycles. The smallest absolute Gasteiger partial charge is 0.226 e. The number of rotatable bonds is 6. The number of hydrogen-bond donors (Lipinski definition) is 2. The summed E-state index contributed by atoms with van der Waals surface area (Å²) in [6.07, 6.45) is 4.71. The predicted molar refractivity (Wildman–Crippen MR) is 111 cm³/mol. The van der Waals surface area contributed by atoms with Gasteiger partial charge in [0.25, 0.3) is 0 Å². The number of benzene rings is 2. The van der Waals surface area contributed by atoms with Crippen molar-refractivity contribution in [3.05, 3.63) is 60.8 Å². The number of anilines is 3. The van der Waals surface area contributed by atoms with E-state index < -0.39 is 0 Å². The van der Waals surface area contributed by atoms with Crippen LogP contribution in [0.25, 0.3) is 10.9 Å². The van der Waals surface area contributed by atoms with Gasteiger partial charge in [-0.05, 0) is 49.2 Å². The fourth-order valence-corrected chi connectivity index (χ4v) is 3.51. The zero-order valence-corrected chi connectivity index (χ0v) is 15.3. The average Bonchev–Trinajstić information content (AvgIpc) is 3.24. The van der Waals surface area contributed by atoms with Crippen LogP contribution < -0.4 is 15.5 Å². The molecule has 0 spiro atoms. The number of hydrogen-bond acceptors (Lipinski definition) is 4. The molecule has 1 aromatic heterocycles. The number of nitrogens with one attached hydrogen (secondary N) is 2. The minimum atomic E-state index is 0.00428. The number of carbonyl (C=O) groups is 1. The summed E-state index contributed by atoms with van der Waals surface area (Å²) in [4.78, 5) is 19.0. The molecule has 1 amide bonds. The number of carbonyl (C=O) groups excluding carboxylic acids is 1. The second kappa shape index (κ2) is 8.08. The molecule has 0 atom stereocenters. The van der Waals surface area contributed by atoms with Crippen molar-refractivity contribution in [1.29, 1.82) is 0 Å².